The molecule has 0 radical (unpaired) electrons. The molecule has 1 N–H and O–H groups in total. The van der Waals surface area contributed by atoms with Crippen LogP contribution in [0.4, 0.5) is 10.3 Å². The number of hydrogen-bond acceptors (Lipinski definition) is 7. The first-order valence-corrected chi connectivity index (χ1v) is 6.66. The van der Waals surface area contributed by atoms with E-state index in [-0.39, 0.29) is 23.0 Å². The number of benzene rings is 1. The molecule has 0 saturated carbocycles. The molecule has 1 aliphatic rings. The van der Waals surface area contributed by atoms with Gasteiger partial charge in [-0.25, -0.2) is 9.18 Å². The van der Waals surface area contributed by atoms with Gasteiger partial charge < -0.3 is 10.1 Å². The third kappa shape index (κ3) is 2.45. The Balaban J connectivity index is 2.23. The Morgan fingerprint density at radius 3 is 2.61 bits per heavy atom. The summed E-state index contributed by atoms with van der Waals surface area (Å²) in [6.45, 7) is 1.33. The lowest BCUT2D eigenvalue weighted by Crippen LogP contribution is -2.32. The molecule has 9 heteroatoms. The topological polar surface area (TPSA) is 99.0 Å². The third-order valence-corrected chi connectivity index (χ3v) is 3.47. The maximum atomic E-state index is 13.2. The van der Waals surface area contributed by atoms with E-state index in [0.29, 0.717) is 5.56 Å². The van der Waals surface area contributed by atoms with Crippen molar-refractivity contribution in [2.45, 2.75) is 13.0 Å². The van der Waals surface area contributed by atoms with Crippen LogP contribution >= 0.6 is 0 Å². The van der Waals surface area contributed by atoms with E-state index in [1.54, 1.807) is 0 Å². The predicted molar refractivity (Wildman–Crippen MR) is 75.7 cm³/mol. The number of fused-ring (bicyclic) bond motifs is 1. The minimum atomic E-state index is -0.756. The number of allylic oxidation sites excluding steroid dienone is 1. The summed E-state index contributed by atoms with van der Waals surface area (Å²) in [7, 11) is 1.21. The summed E-state index contributed by atoms with van der Waals surface area (Å²) in [5.41, 5.74) is 0.674. The van der Waals surface area contributed by atoms with Crippen LogP contribution in [0.1, 0.15) is 18.5 Å². The Labute approximate surface area is 129 Å². The Hall–Kier alpha value is -3.10. The average molecular weight is 317 g/mol. The number of anilines is 1. The number of hydrogen-bond donors (Lipinski definition) is 1. The van der Waals surface area contributed by atoms with Crippen molar-refractivity contribution in [1.29, 1.82) is 0 Å². The summed E-state index contributed by atoms with van der Waals surface area (Å²) < 4.78 is 19.3. The highest BCUT2D eigenvalue weighted by molar-refractivity contribution is 6.05. The fourth-order valence-corrected chi connectivity index (χ4v) is 2.47. The number of methoxy groups -OCH3 is 1. The van der Waals surface area contributed by atoms with Crippen LogP contribution in [-0.4, -0.2) is 39.1 Å². The zero-order chi connectivity index (χ0) is 16.6. The Kier molecular flexibility index (Phi) is 3.61. The van der Waals surface area contributed by atoms with Crippen molar-refractivity contribution in [1.82, 2.24) is 20.2 Å². The van der Waals surface area contributed by atoms with Crippen molar-refractivity contribution in [2.24, 2.45) is 0 Å². The van der Waals surface area contributed by atoms with Crippen molar-refractivity contribution in [3.8, 4) is 0 Å². The largest absolute Gasteiger partial charge is 0.464 e. The molecule has 0 fully saturated rings. The second-order valence-corrected chi connectivity index (χ2v) is 4.86. The zero-order valence-corrected chi connectivity index (χ0v) is 12.3. The van der Waals surface area contributed by atoms with Gasteiger partial charge in [-0.05, 0) is 35.0 Å². The average Bonchev–Trinajstić information content (AvgIpc) is 3.01. The van der Waals surface area contributed by atoms with Crippen LogP contribution in [0.2, 0.25) is 0 Å². The van der Waals surface area contributed by atoms with Crippen LogP contribution in [0, 0.1) is 5.82 Å². The van der Waals surface area contributed by atoms with Crippen LogP contribution in [0.25, 0.3) is 0 Å². The highest BCUT2D eigenvalue weighted by Gasteiger charge is 2.36. The summed E-state index contributed by atoms with van der Waals surface area (Å²) in [4.78, 5) is 24.2. The lowest BCUT2D eigenvalue weighted by atomic mass is 9.93. The number of halogens is 1. The molecule has 0 saturated heterocycles. The summed E-state index contributed by atoms with van der Waals surface area (Å²) in [5, 5.41) is 13.9. The number of rotatable bonds is 3. The molecule has 0 aliphatic carbocycles. The van der Waals surface area contributed by atoms with E-state index in [2.05, 4.69) is 20.8 Å². The molecule has 1 aromatic heterocycles. The van der Waals surface area contributed by atoms with Gasteiger partial charge in [0.2, 0.25) is 5.95 Å². The fraction of sp³-hybridized carbons (Fsp3) is 0.214. The molecule has 1 atom stereocenters. The molecule has 0 bridgehead atoms. The van der Waals surface area contributed by atoms with Crippen molar-refractivity contribution in [3.63, 3.8) is 0 Å². The first-order chi connectivity index (χ1) is 11.0. The number of tetrazole rings is 1. The number of Topliss-reactive ketones (excluding diaryl/α,β-unsaturated/α-hetero) is 1. The number of nitrogens with zero attached hydrogens (tertiary/aromatic N) is 4. The lowest BCUT2D eigenvalue weighted by Gasteiger charge is -2.27. The molecule has 8 nitrogen and oxygen atoms in total. The van der Waals surface area contributed by atoms with E-state index in [1.807, 2.05) is 0 Å². The quantitative estimate of drug-likeness (QED) is 0.838. The highest BCUT2D eigenvalue weighted by atomic mass is 19.1. The maximum absolute atomic E-state index is 13.2. The van der Waals surface area contributed by atoms with Gasteiger partial charge in [0.15, 0.2) is 5.78 Å². The van der Waals surface area contributed by atoms with Gasteiger partial charge in [0.05, 0.1) is 12.7 Å². The Morgan fingerprint density at radius 2 is 2.00 bits per heavy atom. The van der Waals surface area contributed by atoms with Gasteiger partial charge in [0, 0.05) is 0 Å². The molecule has 23 heavy (non-hydrogen) atoms. The smallest absolute Gasteiger partial charge is 0.355 e. The van der Waals surface area contributed by atoms with E-state index < -0.39 is 17.8 Å². The number of aromatic nitrogens is 4. The number of nitrogens with one attached hydrogen (secondary N) is 1. The van der Waals surface area contributed by atoms with Gasteiger partial charge >= 0.3 is 5.97 Å². The van der Waals surface area contributed by atoms with Gasteiger partial charge in [-0.15, -0.1) is 0 Å². The Morgan fingerprint density at radius 1 is 1.30 bits per heavy atom. The van der Waals surface area contributed by atoms with E-state index in [4.69, 9.17) is 4.74 Å². The van der Waals surface area contributed by atoms with E-state index in [9.17, 15) is 14.0 Å². The number of ketones is 1. The number of ether oxygens (including phenoxy) is 1. The molecule has 0 spiro atoms. The molecular weight excluding hydrogens is 305 g/mol. The van der Waals surface area contributed by atoms with Crippen LogP contribution in [0.3, 0.4) is 0 Å². The summed E-state index contributed by atoms with van der Waals surface area (Å²) in [6.07, 6.45) is 0. The summed E-state index contributed by atoms with van der Waals surface area (Å²) >= 11 is 0. The minimum absolute atomic E-state index is 0.0309. The van der Waals surface area contributed by atoms with E-state index in [0.717, 1.165) is 0 Å². The minimum Gasteiger partial charge on any atom is -0.464 e. The van der Waals surface area contributed by atoms with Crippen molar-refractivity contribution < 1.29 is 18.7 Å². The van der Waals surface area contributed by atoms with Gasteiger partial charge in [-0.3, -0.25) is 4.79 Å². The molecule has 1 aromatic carbocycles. The number of carbonyl (C=O) groups excluding carboxylic acids is 2. The fourth-order valence-electron chi connectivity index (χ4n) is 2.47. The lowest BCUT2D eigenvalue weighted by molar-refractivity contribution is -0.136. The number of esters is 1. The van der Waals surface area contributed by atoms with Crippen LogP contribution in [0.5, 0.6) is 0 Å². The van der Waals surface area contributed by atoms with Crippen LogP contribution < -0.4 is 5.32 Å². The van der Waals surface area contributed by atoms with Crippen molar-refractivity contribution in [2.75, 3.05) is 12.4 Å². The summed E-state index contributed by atoms with van der Waals surface area (Å²) in [5.74, 6) is -1.30. The molecule has 3 rings (SSSR count). The molecule has 2 heterocycles. The van der Waals surface area contributed by atoms with Crippen LogP contribution in [0.15, 0.2) is 35.5 Å². The second-order valence-electron chi connectivity index (χ2n) is 4.86. The van der Waals surface area contributed by atoms with Crippen molar-refractivity contribution in [3.05, 3.63) is 46.9 Å². The van der Waals surface area contributed by atoms with Crippen molar-refractivity contribution >= 4 is 17.7 Å². The standard InChI is InChI=1S/C14H12FN5O3/c1-7(21)10-11(13(22)23-2)16-14-17-18-19-20(14)12(10)8-3-5-9(15)6-4-8/h3-6,12H,1-2H3,(H,16,17,19)/t12-/m1/s1. The molecule has 118 valence electrons. The molecule has 2 aromatic rings. The van der Waals surface area contributed by atoms with E-state index in [1.165, 1.54) is 43.0 Å². The third-order valence-electron chi connectivity index (χ3n) is 3.47. The second kappa shape index (κ2) is 5.59. The zero-order valence-electron chi connectivity index (χ0n) is 12.3. The van der Waals surface area contributed by atoms with Crippen LogP contribution in [-0.2, 0) is 14.3 Å². The van der Waals surface area contributed by atoms with Gasteiger partial charge in [0.1, 0.15) is 17.6 Å². The molecular formula is C14H12FN5O3. The Bertz CT molecular complexity index is 812. The first kappa shape index (κ1) is 14.8. The summed E-state index contributed by atoms with van der Waals surface area (Å²) in [6, 6.07) is 4.78. The van der Waals surface area contributed by atoms with E-state index >= 15 is 0 Å². The predicted octanol–water partition coefficient (Wildman–Crippen LogP) is 0.843. The normalized spacial score (nSPS) is 16.6. The highest BCUT2D eigenvalue weighted by Crippen LogP contribution is 2.35. The monoisotopic (exact) mass is 317 g/mol. The number of carbonyl (C=O) groups is 2. The van der Waals surface area contributed by atoms with Gasteiger partial charge in [0.25, 0.3) is 0 Å². The SMILES string of the molecule is COC(=O)C1=C(C(C)=O)[C@@H](c2ccc(F)cc2)n2nnnc2N1. The van der Waals surface area contributed by atoms with Gasteiger partial charge in [-0.2, -0.15) is 4.68 Å². The maximum Gasteiger partial charge on any atom is 0.355 e. The van der Waals surface area contributed by atoms with Gasteiger partial charge in [-0.1, -0.05) is 17.2 Å². The molecule has 1 aliphatic heterocycles. The first-order valence-electron chi connectivity index (χ1n) is 6.66. The molecule has 0 amide bonds. The molecule has 0 unspecified atom stereocenters.